The molecule has 7 heteroatoms. The van der Waals surface area contributed by atoms with Gasteiger partial charge in [-0.15, -0.1) is 30.6 Å². The fraction of sp³-hybridized carbons (Fsp3) is 0.636. The largest absolute Gasteiger partial charge is 0.375 e. The van der Waals surface area contributed by atoms with E-state index < -0.39 is 0 Å². The molecule has 3 N–H and O–H groups in total. The standard InChI is InChI=1S/C11H20N4O2.HI/c1-3-4-13-10(16)7-14-11(12)15-5-6-17-9(2)8-15;/h3,9H,1,4-8H2,2H3,(H2,12,14)(H,13,16);1H. The molecule has 1 rings (SSSR count). The molecular formula is C11H21IN4O2. The first-order valence-corrected chi connectivity index (χ1v) is 5.67. The maximum atomic E-state index is 11.3. The summed E-state index contributed by atoms with van der Waals surface area (Å²) in [6.45, 7) is 8.06. The fourth-order valence-electron chi connectivity index (χ4n) is 1.52. The molecule has 1 saturated heterocycles. The van der Waals surface area contributed by atoms with Crippen molar-refractivity contribution in [3.05, 3.63) is 12.7 Å². The Morgan fingerprint density at radius 1 is 1.72 bits per heavy atom. The third kappa shape index (κ3) is 6.20. The first kappa shape index (κ1) is 17.2. The molecule has 0 bridgehead atoms. The number of carbonyl (C=O) groups excluding carboxylic acids is 1. The van der Waals surface area contributed by atoms with E-state index in [4.69, 9.17) is 10.5 Å². The number of nitrogens with one attached hydrogen (secondary N) is 1. The van der Waals surface area contributed by atoms with Crippen LogP contribution in [-0.4, -0.2) is 55.7 Å². The minimum atomic E-state index is -0.158. The van der Waals surface area contributed by atoms with E-state index in [9.17, 15) is 4.79 Å². The highest BCUT2D eigenvalue weighted by atomic mass is 127. The van der Waals surface area contributed by atoms with E-state index in [1.54, 1.807) is 6.08 Å². The van der Waals surface area contributed by atoms with E-state index in [-0.39, 0.29) is 42.5 Å². The zero-order valence-electron chi connectivity index (χ0n) is 10.6. The fourth-order valence-corrected chi connectivity index (χ4v) is 1.52. The van der Waals surface area contributed by atoms with Gasteiger partial charge in [0.05, 0.1) is 12.7 Å². The molecule has 6 nitrogen and oxygen atoms in total. The monoisotopic (exact) mass is 368 g/mol. The average Bonchev–Trinajstić information content (AvgIpc) is 2.33. The SMILES string of the molecule is C=CCNC(=O)CN=C(N)N1CCOC(C)C1.I. The number of aliphatic imine (C=N–C) groups is 1. The number of rotatable bonds is 4. The highest BCUT2D eigenvalue weighted by Crippen LogP contribution is 2.03. The molecule has 0 aromatic heterocycles. The summed E-state index contributed by atoms with van der Waals surface area (Å²) in [5, 5.41) is 2.64. The van der Waals surface area contributed by atoms with Crippen LogP contribution < -0.4 is 11.1 Å². The number of nitrogens with two attached hydrogens (primary N) is 1. The van der Waals surface area contributed by atoms with Gasteiger partial charge in [0.2, 0.25) is 5.91 Å². The summed E-state index contributed by atoms with van der Waals surface area (Å²) in [6, 6.07) is 0. The maximum Gasteiger partial charge on any atom is 0.242 e. The van der Waals surface area contributed by atoms with Crippen LogP contribution in [0.15, 0.2) is 17.6 Å². The molecule has 104 valence electrons. The topological polar surface area (TPSA) is 80.0 Å². The van der Waals surface area contributed by atoms with E-state index >= 15 is 0 Å². The summed E-state index contributed by atoms with van der Waals surface area (Å²) >= 11 is 0. The van der Waals surface area contributed by atoms with Gasteiger partial charge in [0.1, 0.15) is 6.54 Å². The molecule has 1 heterocycles. The van der Waals surface area contributed by atoms with E-state index in [1.165, 1.54) is 0 Å². The third-order valence-electron chi connectivity index (χ3n) is 2.39. The van der Waals surface area contributed by atoms with E-state index in [2.05, 4.69) is 16.9 Å². The van der Waals surface area contributed by atoms with Gasteiger partial charge in [-0.05, 0) is 6.92 Å². The molecule has 18 heavy (non-hydrogen) atoms. The van der Waals surface area contributed by atoms with Crippen molar-refractivity contribution >= 4 is 35.8 Å². The van der Waals surface area contributed by atoms with Gasteiger partial charge < -0.3 is 20.7 Å². The summed E-state index contributed by atoms with van der Waals surface area (Å²) in [7, 11) is 0. The molecule has 0 spiro atoms. The molecular weight excluding hydrogens is 347 g/mol. The van der Waals surface area contributed by atoms with Crippen LogP contribution in [0.5, 0.6) is 0 Å². The molecule has 1 aliphatic heterocycles. The van der Waals surface area contributed by atoms with Crippen molar-refractivity contribution in [2.24, 2.45) is 10.7 Å². The van der Waals surface area contributed by atoms with Gasteiger partial charge in [0, 0.05) is 19.6 Å². The smallest absolute Gasteiger partial charge is 0.242 e. The predicted molar refractivity (Wildman–Crippen MR) is 82.1 cm³/mol. The Kier molecular flexibility index (Phi) is 8.73. The molecule has 1 atom stereocenters. The highest BCUT2D eigenvalue weighted by Gasteiger charge is 2.17. The number of ether oxygens (including phenoxy) is 1. The Balaban J connectivity index is 0.00000289. The average molecular weight is 368 g/mol. The minimum Gasteiger partial charge on any atom is -0.375 e. The third-order valence-corrected chi connectivity index (χ3v) is 2.39. The first-order chi connectivity index (χ1) is 8.13. The van der Waals surface area contributed by atoms with Crippen molar-refractivity contribution in [1.82, 2.24) is 10.2 Å². The van der Waals surface area contributed by atoms with Gasteiger partial charge >= 0.3 is 0 Å². The maximum absolute atomic E-state index is 11.3. The van der Waals surface area contributed by atoms with Crippen LogP contribution >= 0.6 is 24.0 Å². The van der Waals surface area contributed by atoms with E-state index in [1.807, 2.05) is 11.8 Å². The summed E-state index contributed by atoms with van der Waals surface area (Å²) in [4.78, 5) is 17.3. The van der Waals surface area contributed by atoms with Crippen LogP contribution in [0.25, 0.3) is 0 Å². The number of amides is 1. The zero-order valence-corrected chi connectivity index (χ0v) is 12.9. The van der Waals surface area contributed by atoms with Crippen molar-refractivity contribution in [2.45, 2.75) is 13.0 Å². The summed E-state index contributed by atoms with van der Waals surface area (Å²) in [6.07, 6.45) is 1.77. The normalized spacial score (nSPS) is 19.9. The van der Waals surface area contributed by atoms with E-state index in [0.717, 1.165) is 0 Å². The second kappa shape index (κ2) is 9.15. The lowest BCUT2D eigenvalue weighted by Gasteiger charge is -2.31. The molecule has 0 radical (unpaired) electrons. The molecule has 1 aliphatic rings. The van der Waals surface area contributed by atoms with Crippen molar-refractivity contribution in [1.29, 1.82) is 0 Å². The first-order valence-electron chi connectivity index (χ1n) is 5.67. The molecule has 0 aliphatic carbocycles. The van der Waals surface area contributed by atoms with Gasteiger partial charge in [-0.2, -0.15) is 0 Å². The van der Waals surface area contributed by atoms with Crippen LogP contribution in [0.4, 0.5) is 0 Å². The van der Waals surface area contributed by atoms with Gasteiger partial charge in [0.15, 0.2) is 5.96 Å². The van der Waals surface area contributed by atoms with Crippen LogP contribution in [0, 0.1) is 0 Å². The summed E-state index contributed by atoms with van der Waals surface area (Å²) in [5.41, 5.74) is 5.81. The van der Waals surface area contributed by atoms with Crippen molar-refractivity contribution in [3.63, 3.8) is 0 Å². The number of hydrogen-bond donors (Lipinski definition) is 2. The molecule has 1 unspecified atom stereocenters. The van der Waals surface area contributed by atoms with Crippen LogP contribution in [0.1, 0.15) is 6.92 Å². The zero-order chi connectivity index (χ0) is 12.7. The molecule has 0 aromatic rings. The second-order valence-electron chi connectivity index (χ2n) is 3.89. The van der Waals surface area contributed by atoms with Gasteiger partial charge in [-0.3, -0.25) is 4.79 Å². The van der Waals surface area contributed by atoms with E-state index in [0.29, 0.717) is 32.2 Å². The number of halogens is 1. The molecule has 1 fully saturated rings. The lowest BCUT2D eigenvalue weighted by molar-refractivity contribution is -0.119. The van der Waals surface area contributed by atoms with Crippen LogP contribution in [0.3, 0.4) is 0 Å². The van der Waals surface area contributed by atoms with Crippen molar-refractivity contribution in [3.8, 4) is 0 Å². The van der Waals surface area contributed by atoms with Gasteiger partial charge in [-0.1, -0.05) is 6.08 Å². The lowest BCUT2D eigenvalue weighted by Crippen LogP contribution is -2.48. The second-order valence-corrected chi connectivity index (χ2v) is 3.89. The Labute approximate surface area is 125 Å². The molecule has 1 amide bonds. The quantitative estimate of drug-likeness (QED) is 0.316. The highest BCUT2D eigenvalue weighted by molar-refractivity contribution is 14.0. The van der Waals surface area contributed by atoms with Crippen LogP contribution in [0.2, 0.25) is 0 Å². The molecule has 0 aromatic carbocycles. The Bertz CT molecular complexity index is 309. The number of morpholine rings is 1. The minimum absolute atomic E-state index is 0. The summed E-state index contributed by atoms with van der Waals surface area (Å²) in [5.74, 6) is 0.239. The van der Waals surface area contributed by atoms with Gasteiger partial charge in [-0.25, -0.2) is 4.99 Å². The Hall–Kier alpha value is -0.830. The van der Waals surface area contributed by atoms with Crippen molar-refractivity contribution < 1.29 is 9.53 Å². The van der Waals surface area contributed by atoms with Crippen molar-refractivity contribution in [2.75, 3.05) is 32.8 Å². The van der Waals surface area contributed by atoms with Gasteiger partial charge in [0.25, 0.3) is 0 Å². The summed E-state index contributed by atoms with van der Waals surface area (Å²) < 4.78 is 5.39. The predicted octanol–water partition coefficient (Wildman–Crippen LogP) is -0.0580. The number of hydrogen-bond acceptors (Lipinski definition) is 3. The molecule has 0 saturated carbocycles. The Morgan fingerprint density at radius 2 is 2.44 bits per heavy atom. The number of guanidine groups is 1. The Morgan fingerprint density at radius 3 is 3.06 bits per heavy atom. The number of carbonyl (C=O) groups is 1. The number of nitrogens with zero attached hydrogens (tertiary/aromatic N) is 2. The van der Waals surface area contributed by atoms with Crippen LogP contribution in [-0.2, 0) is 9.53 Å². The lowest BCUT2D eigenvalue weighted by atomic mass is 10.3.